The maximum atomic E-state index is 13.6. The average Bonchev–Trinajstić information content (AvgIpc) is 3.69. The number of carbonyl (C=O) groups is 1. The fourth-order valence-corrected chi connectivity index (χ4v) is 6.15. The Labute approximate surface area is 256 Å². The SMILES string of the molecule is C[C@H](CO)NC(=O)c1cc(OC2CCC(N3CC(CC#N)(n4cc(-c5ncnc6[nH]ccc56)cn4)C3)CC2)nc(C(F)(F)F)c1. The number of hydrogen-bond acceptors (Lipinski definition) is 9. The number of halogens is 3. The van der Waals surface area contributed by atoms with Crippen LogP contribution in [0.25, 0.3) is 22.3 Å². The van der Waals surface area contributed by atoms with Gasteiger partial charge in [-0.2, -0.15) is 23.5 Å². The van der Waals surface area contributed by atoms with E-state index in [4.69, 9.17) is 4.74 Å². The summed E-state index contributed by atoms with van der Waals surface area (Å²) in [4.78, 5) is 30.2. The van der Waals surface area contributed by atoms with Gasteiger partial charge in [0.25, 0.3) is 5.91 Å². The van der Waals surface area contributed by atoms with Crippen LogP contribution < -0.4 is 10.1 Å². The van der Waals surface area contributed by atoms with Crippen LogP contribution in [0.1, 0.15) is 55.1 Å². The highest BCUT2D eigenvalue weighted by atomic mass is 19.4. The maximum absolute atomic E-state index is 13.6. The number of nitriles is 1. The van der Waals surface area contributed by atoms with Gasteiger partial charge in [-0.15, -0.1) is 0 Å². The molecule has 1 saturated heterocycles. The zero-order valence-corrected chi connectivity index (χ0v) is 24.5. The Morgan fingerprint density at radius 3 is 2.76 bits per heavy atom. The number of aromatic amines is 1. The predicted octanol–water partition coefficient (Wildman–Crippen LogP) is 3.66. The van der Waals surface area contributed by atoms with E-state index in [-0.39, 0.29) is 30.2 Å². The summed E-state index contributed by atoms with van der Waals surface area (Å²) in [7, 11) is 0. The van der Waals surface area contributed by atoms with Gasteiger partial charge in [-0.3, -0.25) is 14.4 Å². The number of aliphatic hydroxyl groups is 1. The topological polar surface area (TPSA) is 158 Å². The molecule has 0 unspecified atom stereocenters. The number of ether oxygens (including phenoxy) is 1. The second-order valence-electron chi connectivity index (χ2n) is 11.8. The first-order valence-electron chi connectivity index (χ1n) is 14.7. The van der Waals surface area contributed by atoms with Gasteiger partial charge in [0.15, 0.2) is 0 Å². The Kier molecular flexibility index (Phi) is 8.19. The number of alkyl halides is 3. The molecule has 2 fully saturated rings. The van der Waals surface area contributed by atoms with Gasteiger partial charge in [-0.25, -0.2) is 15.0 Å². The molecule has 4 aromatic heterocycles. The van der Waals surface area contributed by atoms with Gasteiger partial charge in [-0.05, 0) is 44.7 Å². The highest BCUT2D eigenvalue weighted by Crippen LogP contribution is 2.39. The number of fused-ring (bicyclic) bond motifs is 1. The molecule has 5 heterocycles. The van der Waals surface area contributed by atoms with Crippen molar-refractivity contribution in [3.8, 4) is 23.2 Å². The minimum atomic E-state index is -4.76. The van der Waals surface area contributed by atoms with Gasteiger partial charge in [0.2, 0.25) is 5.88 Å². The zero-order chi connectivity index (χ0) is 31.8. The van der Waals surface area contributed by atoms with E-state index in [1.54, 1.807) is 12.4 Å². The smallest absolute Gasteiger partial charge is 0.433 e. The summed E-state index contributed by atoms with van der Waals surface area (Å²) in [5, 5.41) is 26.8. The van der Waals surface area contributed by atoms with Crippen LogP contribution in [-0.4, -0.2) is 83.5 Å². The van der Waals surface area contributed by atoms with Gasteiger partial charge in [0.05, 0.1) is 31.0 Å². The van der Waals surface area contributed by atoms with E-state index in [0.29, 0.717) is 38.4 Å². The third kappa shape index (κ3) is 6.20. The molecule has 0 bridgehead atoms. The standard InChI is InChI=1S/C30H32F3N9O3/c1-18(14-43)39-28(44)19-10-24(30(31,32)33)40-25(11-19)45-22-4-2-21(3-5-22)41-15-29(16-41,7-8-34)42-13-20(12-38-42)26-23-6-9-35-27(23)37-17-36-26/h6,9-13,17-18,21-22,43H,2-5,7,14-16H2,1H3,(H,39,44)(H,35,36,37)/t18-,21?,22?/m1/s1. The highest BCUT2D eigenvalue weighted by molar-refractivity contribution is 5.94. The molecule has 0 spiro atoms. The van der Waals surface area contributed by atoms with Crippen LogP contribution >= 0.6 is 0 Å². The molecule has 0 radical (unpaired) electrons. The summed E-state index contributed by atoms with van der Waals surface area (Å²) in [6, 6.07) is 5.71. The molecule has 1 amide bonds. The second-order valence-corrected chi connectivity index (χ2v) is 11.8. The summed E-state index contributed by atoms with van der Waals surface area (Å²) >= 11 is 0. The largest absolute Gasteiger partial charge is 0.474 e. The predicted molar refractivity (Wildman–Crippen MR) is 155 cm³/mol. The molecule has 2 aliphatic rings. The molecule has 1 aliphatic carbocycles. The first-order valence-corrected chi connectivity index (χ1v) is 14.7. The van der Waals surface area contributed by atoms with E-state index in [1.807, 2.05) is 16.9 Å². The summed E-state index contributed by atoms with van der Waals surface area (Å²) < 4.78 is 48.4. The second kappa shape index (κ2) is 12.1. The molecule has 15 heteroatoms. The van der Waals surface area contributed by atoms with Gasteiger partial charge in [0, 0.05) is 60.1 Å². The van der Waals surface area contributed by atoms with Crippen LogP contribution in [-0.2, 0) is 11.7 Å². The number of amides is 1. The van der Waals surface area contributed by atoms with Crippen LogP contribution in [0.3, 0.4) is 0 Å². The van der Waals surface area contributed by atoms with Crippen molar-refractivity contribution in [1.29, 1.82) is 5.26 Å². The zero-order valence-electron chi connectivity index (χ0n) is 24.5. The van der Waals surface area contributed by atoms with Crippen molar-refractivity contribution < 1.29 is 27.8 Å². The van der Waals surface area contributed by atoms with Crippen molar-refractivity contribution in [3.63, 3.8) is 0 Å². The van der Waals surface area contributed by atoms with Crippen LogP contribution in [0.4, 0.5) is 13.2 Å². The molecule has 12 nitrogen and oxygen atoms in total. The highest BCUT2D eigenvalue weighted by Gasteiger charge is 2.48. The van der Waals surface area contributed by atoms with E-state index in [1.165, 1.54) is 19.3 Å². The summed E-state index contributed by atoms with van der Waals surface area (Å²) in [6.07, 6.45) is 4.86. The summed E-state index contributed by atoms with van der Waals surface area (Å²) in [5.41, 5.74) is 0.394. The van der Waals surface area contributed by atoms with Crippen molar-refractivity contribution in [1.82, 2.24) is 39.9 Å². The molecule has 4 aromatic rings. The number of aromatic nitrogens is 6. The third-order valence-corrected chi connectivity index (χ3v) is 8.55. The van der Waals surface area contributed by atoms with E-state index in [0.717, 1.165) is 35.1 Å². The molecule has 3 N–H and O–H groups in total. The molecule has 1 atom stereocenters. The van der Waals surface area contributed by atoms with Crippen LogP contribution in [0.2, 0.25) is 0 Å². The van der Waals surface area contributed by atoms with E-state index in [2.05, 4.69) is 41.3 Å². The van der Waals surface area contributed by atoms with Crippen molar-refractivity contribution >= 4 is 16.9 Å². The quantitative estimate of drug-likeness (QED) is 0.253. The number of hydrogen-bond donors (Lipinski definition) is 3. The van der Waals surface area contributed by atoms with E-state index in [9.17, 15) is 28.3 Å². The molecule has 0 aromatic carbocycles. The molecular weight excluding hydrogens is 591 g/mol. The number of nitrogens with one attached hydrogen (secondary N) is 2. The lowest BCUT2D eigenvalue weighted by atomic mass is 9.82. The van der Waals surface area contributed by atoms with Crippen LogP contribution in [0.15, 0.2) is 43.1 Å². The Morgan fingerprint density at radius 1 is 1.27 bits per heavy atom. The van der Waals surface area contributed by atoms with Crippen molar-refractivity contribution in [2.75, 3.05) is 19.7 Å². The molecule has 1 aliphatic heterocycles. The minimum Gasteiger partial charge on any atom is -0.474 e. The lowest BCUT2D eigenvalue weighted by molar-refractivity contribution is -0.141. The molecule has 6 rings (SSSR count). The first-order chi connectivity index (χ1) is 21.6. The fraction of sp³-hybridized carbons (Fsp3) is 0.467. The average molecular weight is 624 g/mol. The number of likely N-dealkylation sites (tertiary alicyclic amines) is 1. The number of aliphatic hydroxyl groups excluding tert-OH is 1. The Bertz CT molecular complexity index is 1720. The fourth-order valence-electron chi connectivity index (χ4n) is 6.15. The lowest BCUT2D eigenvalue weighted by Gasteiger charge is -2.53. The molecule has 1 saturated carbocycles. The summed E-state index contributed by atoms with van der Waals surface area (Å²) in [6.45, 7) is 2.46. The van der Waals surface area contributed by atoms with Crippen LogP contribution in [0.5, 0.6) is 5.88 Å². The van der Waals surface area contributed by atoms with Crippen molar-refractivity contribution in [2.45, 2.75) is 68.9 Å². The van der Waals surface area contributed by atoms with Crippen molar-refractivity contribution in [2.24, 2.45) is 0 Å². The molecule has 236 valence electrons. The third-order valence-electron chi connectivity index (χ3n) is 8.55. The van der Waals surface area contributed by atoms with Crippen molar-refractivity contribution in [3.05, 3.63) is 54.4 Å². The van der Waals surface area contributed by atoms with E-state index >= 15 is 0 Å². The molecular formula is C30H32F3N9O3. The Morgan fingerprint density at radius 2 is 2.04 bits per heavy atom. The Balaban J connectivity index is 1.09. The normalized spacial score (nSPS) is 20.7. The number of nitrogens with zero attached hydrogens (tertiary/aromatic N) is 7. The monoisotopic (exact) mass is 623 g/mol. The minimum absolute atomic E-state index is 0.226. The number of carbonyl (C=O) groups excluding carboxylic acids is 1. The van der Waals surface area contributed by atoms with Crippen LogP contribution in [0, 0.1) is 11.3 Å². The first kappa shape index (κ1) is 30.5. The van der Waals surface area contributed by atoms with Gasteiger partial charge >= 0.3 is 6.18 Å². The maximum Gasteiger partial charge on any atom is 0.433 e. The van der Waals surface area contributed by atoms with Gasteiger partial charge in [0.1, 0.15) is 29.3 Å². The summed E-state index contributed by atoms with van der Waals surface area (Å²) in [5.74, 6) is -1.02. The number of rotatable bonds is 9. The van der Waals surface area contributed by atoms with E-state index < -0.39 is 29.4 Å². The van der Waals surface area contributed by atoms with Gasteiger partial charge < -0.3 is 20.1 Å². The lowest BCUT2D eigenvalue weighted by Crippen LogP contribution is -2.65. The number of H-pyrrole nitrogens is 1. The Hall–Kier alpha value is -4.55. The molecule has 45 heavy (non-hydrogen) atoms. The van der Waals surface area contributed by atoms with Gasteiger partial charge in [-0.1, -0.05) is 0 Å². The number of pyridine rings is 1.